The van der Waals surface area contributed by atoms with Gasteiger partial charge in [0.1, 0.15) is 0 Å². The third-order valence-electron chi connectivity index (χ3n) is 1.78. The number of carboxylic acid groups (broad SMARTS) is 1. The third-order valence-corrected chi connectivity index (χ3v) is 1.78. The minimum atomic E-state index is -1.20. The lowest BCUT2D eigenvalue weighted by atomic mass is 10.2. The van der Waals surface area contributed by atoms with Gasteiger partial charge in [-0.15, -0.1) is 0 Å². The first-order valence-electron chi connectivity index (χ1n) is 4.45. The molecule has 0 aromatic carbocycles. The number of ether oxygens (including phenoxy) is 1. The predicted octanol–water partition coefficient (Wildman–Crippen LogP) is -2.60. The van der Waals surface area contributed by atoms with Gasteiger partial charge in [0.2, 0.25) is 11.8 Å². The molecule has 0 aromatic rings. The second-order valence-electron chi connectivity index (χ2n) is 3.08. The molecule has 2 atom stereocenters. The van der Waals surface area contributed by atoms with E-state index in [0.717, 1.165) is 0 Å². The average Bonchev–Trinajstić information content (AvgIpc) is 2.16. The molecule has 2 amide bonds. The number of hydrogen-bond donors (Lipinski definition) is 4. The lowest BCUT2D eigenvalue weighted by molar-refractivity contribution is -0.148. The molecule has 16 heavy (non-hydrogen) atoms. The normalized spacial score (nSPS) is 13.9. The molecular formula is C8H15N3O5. The van der Waals surface area contributed by atoms with Crippen LogP contribution in [0.25, 0.3) is 0 Å². The fraction of sp³-hybridized carbons (Fsp3) is 0.625. The number of hydrogen-bond acceptors (Lipinski definition) is 5. The van der Waals surface area contributed by atoms with Crippen molar-refractivity contribution in [2.75, 3.05) is 13.7 Å². The number of carbonyl (C=O) groups excluding carboxylic acids is 2. The molecule has 0 spiro atoms. The van der Waals surface area contributed by atoms with E-state index in [1.165, 1.54) is 7.11 Å². The maximum Gasteiger partial charge on any atom is 0.334 e. The number of nitrogens with two attached hydrogens (primary N) is 2. The van der Waals surface area contributed by atoms with Gasteiger partial charge in [0.05, 0.1) is 19.0 Å². The summed E-state index contributed by atoms with van der Waals surface area (Å²) in [5.74, 6) is -2.56. The lowest BCUT2D eigenvalue weighted by Gasteiger charge is -2.14. The summed E-state index contributed by atoms with van der Waals surface area (Å²) >= 11 is 0. The van der Waals surface area contributed by atoms with E-state index in [2.05, 4.69) is 10.1 Å². The van der Waals surface area contributed by atoms with E-state index < -0.39 is 29.9 Å². The van der Waals surface area contributed by atoms with Crippen molar-refractivity contribution in [1.82, 2.24) is 5.32 Å². The van der Waals surface area contributed by atoms with Gasteiger partial charge >= 0.3 is 5.97 Å². The van der Waals surface area contributed by atoms with E-state index in [4.69, 9.17) is 16.6 Å². The average molecular weight is 233 g/mol. The number of methoxy groups -OCH3 is 1. The Labute approximate surface area is 91.9 Å². The van der Waals surface area contributed by atoms with Crippen molar-refractivity contribution in [2.24, 2.45) is 11.5 Å². The van der Waals surface area contributed by atoms with Crippen LogP contribution in [-0.4, -0.2) is 48.7 Å². The molecule has 0 bridgehead atoms. The van der Waals surface area contributed by atoms with Gasteiger partial charge in [-0.3, -0.25) is 9.59 Å². The van der Waals surface area contributed by atoms with Crippen LogP contribution >= 0.6 is 0 Å². The number of rotatable bonds is 7. The predicted molar refractivity (Wildman–Crippen MR) is 53.2 cm³/mol. The van der Waals surface area contributed by atoms with Crippen LogP contribution in [0.4, 0.5) is 0 Å². The summed E-state index contributed by atoms with van der Waals surface area (Å²) < 4.78 is 4.58. The van der Waals surface area contributed by atoms with Crippen LogP contribution in [0.2, 0.25) is 0 Å². The first-order valence-corrected chi connectivity index (χ1v) is 4.45. The Morgan fingerprint density at radius 2 is 2.00 bits per heavy atom. The summed E-state index contributed by atoms with van der Waals surface area (Å²) in [5, 5.41) is 10.8. The third kappa shape index (κ3) is 5.27. The van der Waals surface area contributed by atoms with E-state index in [0.29, 0.717) is 0 Å². The maximum atomic E-state index is 11.2. The Bertz CT molecular complexity index is 281. The van der Waals surface area contributed by atoms with Crippen molar-refractivity contribution >= 4 is 17.8 Å². The molecule has 0 heterocycles. The summed E-state index contributed by atoms with van der Waals surface area (Å²) in [4.78, 5) is 32.2. The Morgan fingerprint density at radius 1 is 1.44 bits per heavy atom. The van der Waals surface area contributed by atoms with Crippen LogP contribution in [0.5, 0.6) is 0 Å². The molecule has 0 aliphatic carbocycles. The SMILES string of the molecule is COC(CNC(=O)C(N)CC(N)=O)C(=O)O. The quantitative estimate of drug-likeness (QED) is 0.379. The highest BCUT2D eigenvalue weighted by molar-refractivity contribution is 5.87. The molecule has 2 unspecified atom stereocenters. The summed E-state index contributed by atoms with van der Waals surface area (Å²) in [7, 11) is 1.20. The molecule has 8 nitrogen and oxygen atoms in total. The van der Waals surface area contributed by atoms with E-state index in [-0.39, 0.29) is 13.0 Å². The lowest BCUT2D eigenvalue weighted by Crippen LogP contribution is -2.46. The second-order valence-corrected chi connectivity index (χ2v) is 3.08. The van der Waals surface area contributed by atoms with Gasteiger partial charge in [-0.05, 0) is 0 Å². The number of amides is 2. The fourth-order valence-corrected chi connectivity index (χ4v) is 0.905. The van der Waals surface area contributed by atoms with Gasteiger partial charge in [0.15, 0.2) is 6.10 Å². The highest BCUT2D eigenvalue weighted by Gasteiger charge is 2.20. The fourth-order valence-electron chi connectivity index (χ4n) is 0.905. The molecule has 6 N–H and O–H groups in total. The van der Waals surface area contributed by atoms with Crippen LogP contribution in [-0.2, 0) is 19.1 Å². The van der Waals surface area contributed by atoms with E-state index in [9.17, 15) is 14.4 Å². The van der Waals surface area contributed by atoms with Crippen LogP contribution in [0, 0.1) is 0 Å². The van der Waals surface area contributed by atoms with Gasteiger partial charge in [0, 0.05) is 7.11 Å². The Balaban J connectivity index is 4.05. The van der Waals surface area contributed by atoms with Gasteiger partial charge in [-0.1, -0.05) is 0 Å². The minimum Gasteiger partial charge on any atom is -0.479 e. The summed E-state index contributed by atoms with van der Waals surface area (Å²) in [5.41, 5.74) is 10.2. The summed E-state index contributed by atoms with van der Waals surface area (Å²) in [6, 6.07) is -1.08. The zero-order chi connectivity index (χ0) is 12.7. The molecule has 8 heteroatoms. The molecular weight excluding hydrogens is 218 g/mol. The molecule has 0 fully saturated rings. The van der Waals surface area contributed by atoms with Gasteiger partial charge in [-0.2, -0.15) is 0 Å². The standard InChI is InChI=1S/C8H15N3O5/c1-16-5(8(14)15)3-11-7(13)4(9)2-6(10)12/h4-5H,2-3,9H2,1H3,(H2,10,12)(H,11,13)(H,14,15). The van der Waals surface area contributed by atoms with Gasteiger partial charge < -0.3 is 26.6 Å². The second kappa shape index (κ2) is 6.75. The van der Waals surface area contributed by atoms with Crippen LogP contribution in [0.3, 0.4) is 0 Å². The number of primary amides is 1. The van der Waals surface area contributed by atoms with Crippen molar-refractivity contribution in [3.8, 4) is 0 Å². The van der Waals surface area contributed by atoms with E-state index >= 15 is 0 Å². The van der Waals surface area contributed by atoms with Crippen molar-refractivity contribution in [1.29, 1.82) is 0 Å². The van der Waals surface area contributed by atoms with Crippen molar-refractivity contribution in [3.63, 3.8) is 0 Å². The van der Waals surface area contributed by atoms with Gasteiger partial charge in [-0.25, -0.2) is 4.79 Å². The molecule has 0 aliphatic heterocycles. The zero-order valence-corrected chi connectivity index (χ0v) is 8.80. The van der Waals surface area contributed by atoms with Crippen LogP contribution < -0.4 is 16.8 Å². The maximum absolute atomic E-state index is 11.2. The zero-order valence-electron chi connectivity index (χ0n) is 8.80. The molecule has 0 rings (SSSR count). The van der Waals surface area contributed by atoms with Gasteiger partial charge in [0.25, 0.3) is 0 Å². The van der Waals surface area contributed by atoms with Crippen LogP contribution in [0.1, 0.15) is 6.42 Å². The minimum absolute atomic E-state index is 0.225. The van der Waals surface area contributed by atoms with Crippen LogP contribution in [0.15, 0.2) is 0 Å². The molecule has 0 saturated heterocycles. The highest BCUT2D eigenvalue weighted by atomic mass is 16.5. The number of carbonyl (C=O) groups is 3. The number of nitrogens with one attached hydrogen (secondary N) is 1. The Hall–Kier alpha value is -1.67. The topological polar surface area (TPSA) is 145 Å². The summed E-state index contributed by atoms with van der Waals surface area (Å²) in [6.07, 6.45) is -1.44. The Kier molecular flexibility index (Phi) is 6.04. The largest absolute Gasteiger partial charge is 0.479 e. The molecule has 92 valence electrons. The number of aliphatic carboxylic acids is 1. The monoisotopic (exact) mass is 233 g/mol. The van der Waals surface area contributed by atoms with Crippen molar-refractivity contribution in [3.05, 3.63) is 0 Å². The molecule has 0 aliphatic rings. The molecule has 0 radical (unpaired) electrons. The summed E-state index contributed by atoms with van der Waals surface area (Å²) in [6.45, 7) is -0.225. The molecule has 0 aromatic heterocycles. The van der Waals surface area contributed by atoms with Crippen molar-refractivity contribution in [2.45, 2.75) is 18.6 Å². The highest BCUT2D eigenvalue weighted by Crippen LogP contribution is 1.90. The van der Waals surface area contributed by atoms with E-state index in [1.54, 1.807) is 0 Å². The molecule has 0 saturated carbocycles. The number of carboxylic acids is 1. The van der Waals surface area contributed by atoms with E-state index in [1.807, 2.05) is 0 Å². The Morgan fingerprint density at radius 3 is 2.38 bits per heavy atom. The van der Waals surface area contributed by atoms with Crippen molar-refractivity contribution < 1.29 is 24.2 Å². The first-order chi connectivity index (χ1) is 7.38. The smallest absolute Gasteiger partial charge is 0.334 e. The first kappa shape index (κ1) is 14.3.